The van der Waals surface area contributed by atoms with Crippen molar-refractivity contribution in [1.29, 1.82) is 0 Å². The minimum Gasteiger partial charge on any atom is -0.491 e. The number of rotatable bonds is 3. The van der Waals surface area contributed by atoms with E-state index in [2.05, 4.69) is 0 Å². The predicted octanol–water partition coefficient (Wildman–Crippen LogP) is 5.81. The van der Waals surface area contributed by atoms with Gasteiger partial charge in [-0.2, -0.15) is 4.39 Å². The van der Waals surface area contributed by atoms with E-state index in [-0.39, 0.29) is 35.2 Å². The summed E-state index contributed by atoms with van der Waals surface area (Å²) in [5, 5.41) is 0. The zero-order valence-corrected chi connectivity index (χ0v) is 12.9. The summed E-state index contributed by atoms with van der Waals surface area (Å²) in [6.07, 6.45) is 4.11. The maximum absolute atomic E-state index is 14.9. The topological polar surface area (TPSA) is 9.23 Å². The van der Waals surface area contributed by atoms with E-state index in [1.165, 1.54) is 6.07 Å². The number of benzene rings is 2. The van der Waals surface area contributed by atoms with Gasteiger partial charge in [0.15, 0.2) is 11.6 Å². The highest BCUT2D eigenvalue weighted by Gasteiger charge is 2.35. The third kappa shape index (κ3) is 2.00. The number of hydrogen-bond donors (Lipinski definition) is 0. The van der Waals surface area contributed by atoms with E-state index >= 15 is 0 Å². The number of hydrogen-bond acceptors (Lipinski definition) is 1. The molecule has 0 atom stereocenters. The van der Waals surface area contributed by atoms with Gasteiger partial charge in [0.25, 0.3) is 0 Å². The summed E-state index contributed by atoms with van der Waals surface area (Å²) < 4.78 is 48.5. The Morgan fingerprint density at radius 3 is 2.35 bits per heavy atom. The molecular weight excluding hydrogens is 301 g/mol. The Kier molecular flexibility index (Phi) is 3.36. The maximum Gasteiger partial charge on any atom is 0.201 e. The van der Waals surface area contributed by atoms with E-state index in [1.807, 2.05) is 6.07 Å². The molecule has 4 rings (SSSR count). The second kappa shape index (κ2) is 5.29. The molecular formula is C19H17F3O. The fourth-order valence-electron chi connectivity index (χ4n) is 3.87. The van der Waals surface area contributed by atoms with E-state index in [0.29, 0.717) is 16.7 Å². The Bertz CT molecular complexity index is 792. The number of halogens is 3. The van der Waals surface area contributed by atoms with Crippen molar-refractivity contribution in [1.82, 2.24) is 0 Å². The molecule has 4 heteroatoms. The van der Waals surface area contributed by atoms with E-state index < -0.39 is 11.6 Å². The van der Waals surface area contributed by atoms with Crippen molar-refractivity contribution >= 4 is 0 Å². The lowest BCUT2D eigenvalue weighted by molar-refractivity contribution is 0.314. The van der Waals surface area contributed by atoms with Gasteiger partial charge in [-0.05, 0) is 48.4 Å². The van der Waals surface area contributed by atoms with Gasteiger partial charge in [0.1, 0.15) is 5.82 Å². The smallest absolute Gasteiger partial charge is 0.201 e. The van der Waals surface area contributed by atoms with Gasteiger partial charge in [-0.15, -0.1) is 0 Å². The monoisotopic (exact) mass is 318 g/mol. The molecule has 2 aromatic carbocycles. The molecule has 0 unspecified atom stereocenters. The van der Waals surface area contributed by atoms with Crippen LogP contribution in [0.3, 0.4) is 0 Å². The Labute approximate surface area is 133 Å². The molecule has 2 aliphatic rings. The molecule has 0 saturated heterocycles. The molecule has 1 saturated carbocycles. The summed E-state index contributed by atoms with van der Waals surface area (Å²) in [4.78, 5) is 0. The average molecular weight is 318 g/mol. The zero-order chi connectivity index (χ0) is 16.1. The van der Waals surface area contributed by atoms with Gasteiger partial charge in [-0.25, -0.2) is 8.78 Å². The number of ether oxygens (including phenoxy) is 1. The molecule has 0 spiro atoms. The van der Waals surface area contributed by atoms with Gasteiger partial charge in [-0.1, -0.05) is 25.0 Å². The van der Waals surface area contributed by atoms with Crippen LogP contribution in [0.5, 0.6) is 5.75 Å². The van der Waals surface area contributed by atoms with E-state index in [4.69, 9.17) is 4.74 Å². The minimum atomic E-state index is -1.04. The van der Waals surface area contributed by atoms with Crippen molar-refractivity contribution in [3.63, 3.8) is 0 Å². The van der Waals surface area contributed by atoms with Crippen LogP contribution in [0.2, 0.25) is 0 Å². The molecule has 1 nitrogen and oxygen atoms in total. The van der Waals surface area contributed by atoms with Crippen molar-refractivity contribution in [3.8, 4) is 28.0 Å². The molecule has 0 radical (unpaired) electrons. The first-order chi connectivity index (χ1) is 11.1. The van der Waals surface area contributed by atoms with E-state index in [1.54, 1.807) is 13.0 Å². The van der Waals surface area contributed by atoms with Crippen molar-refractivity contribution in [2.24, 2.45) is 0 Å². The van der Waals surface area contributed by atoms with Gasteiger partial charge in [0.05, 0.1) is 6.61 Å². The molecule has 0 aliphatic heterocycles. The van der Waals surface area contributed by atoms with Crippen molar-refractivity contribution < 1.29 is 17.9 Å². The quantitative estimate of drug-likeness (QED) is 0.592. The second-order valence-electron chi connectivity index (χ2n) is 6.23. The maximum atomic E-state index is 14.9. The SMILES string of the molecule is CCOc1cc2c(c(F)c1F)-c1c-2ccc(C2CCCC2)c1F. The van der Waals surface area contributed by atoms with Crippen molar-refractivity contribution in [2.45, 2.75) is 38.5 Å². The molecule has 0 amide bonds. The van der Waals surface area contributed by atoms with Gasteiger partial charge >= 0.3 is 0 Å². The average Bonchev–Trinajstić information content (AvgIpc) is 3.04. The van der Waals surface area contributed by atoms with Crippen LogP contribution < -0.4 is 4.74 Å². The van der Waals surface area contributed by atoms with Crippen LogP contribution in [0, 0.1) is 17.5 Å². The van der Waals surface area contributed by atoms with Crippen molar-refractivity contribution in [3.05, 3.63) is 41.2 Å². The normalized spacial score (nSPS) is 16.0. The predicted molar refractivity (Wildman–Crippen MR) is 83.1 cm³/mol. The van der Waals surface area contributed by atoms with Gasteiger partial charge in [-0.3, -0.25) is 0 Å². The third-order valence-corrected chi connectivity index (χ3v) is 4.98. The Balaban J connectivity index is 1.84. The molecule has 0 N–H and O–H groups in total. The standard InChI is InChI=1S/C19H17F3O/c1-2-23-14-9-13-12-8-7-11(10-5-3-4-6-10)17(20)15(12)16(13)19(22)18(14)21/h7-10H,2-6H2,1H3. The van der Waals surface area contributed by atoms with Crippen LogP contribution in [0.4, 0.5) is 13.2 Å². The minimum absolute atomic E-state index is 0.0540. The largest absolute Gasteiger partial charge is 0.491 e. The lowest BCUT2D eigenvalue weighted by atomic mass is 9.77. The summed E-state index contributed by atoms with van der Waals surface area (Å²) in [5.74, 6) is -2.36. The summed E-state index contributed by atoms with van der Waals surface area (Å²) in [5.41, 5.74) is 2.08. The van der Waals surface area contributed by atoms with Crippen LogP contribution in [0.1, 0.15) is 44.1 Å². The Morgan fingerprint density at radius 2 is 1.65 bits per heavy atom. The van der Waals surface area contributed by atoms with Crippen LogP contribution in [0.15, 0.2) is 18.2 Å². The number of fused-ring (bicyclic) bond motifs is 4. The highest BCUT2D eigenvalue weighted by Crippen LogP contribution is 2.54. The van der Waals surface area contributed by atoms with Gasteiger partial charge in [0, 0.05) is 11.1 Å². The molecule has 23 heavy (non-hydrogen) atoms. The lowest BCUT2D eigenvalue weighted by Crippen LogP contribution is -2.11. The Morgan fingerprint density at radius 1 is 0.957 bits per heavy atom. The first kappa shape index (κ1) is 14.6. The first-order valence-electron chi connectivity index (χ1n) is 8.11. The molecule has 2 aliphatic carbocycles. The van der Waals surface area contributed by atoms with E-state index in [9.17, 15) is 13.2 Å². The van der Waals surface area contributed by atoms with Crippen LogP contribution >= 0.6 is 0 Å². The summed E-state index contributed by atoms with van der Waals surface area (Å²) >= 11 is 0. The van der Waals surface area contributed by atoms with Crippen molar-refractivity contribution in [2.75, 3.05) is 6.61 Å². The molecule has 0 bridgehead atoms. The fraction of sp³-hybridized carbons (Fsp3) is 0.368. The zero-order valence-electron chi connectivity index (χ0n) is 12.9. The highest BCUT2D eigenvalue weighted by atomic mass is 19.2. The summed E-state index contributed by atoms with van der Waals surface area (Å²) in [6.45, 7) is 1.95. The van der Waals surface area contributed by atoms with Crippen LogP contribution in [-0.2, 0) is 0 Å². The lowest BCUT2D eigenvalue weighted by Gasteiger charge is -2.28. The molecule has 120 valence electrons. The van der Waals surface area contributed by atoms with Gasteiger partial charge < -0.3 is 4.74 Å². The fourth-order valence-corrected chi connectivity index (χ4v) is 3.87. The Hall–Kier alpha value is -1.97. The second-order valence-corrected chi connectivity index (χ2v) is 6.23. The molecule has 1 fully saturated rings. The third-order valence-electron chi connectivity index (χ3n) is 4.98. The molecule has 2 aromatic rings. The molecule has 0 heterocycles. The first-order valence-corrected chi connectivity index (χ1v) is 8.11. The summed E-state index contributed by atoms with van der Waals surface area (Å²) in [7, 11) is 0. The summed E-state index contributed by atoms with van der Waals surface area (Å²) in [6, 6.07) is 5.09. The van der Waals surface area contributed by atoms with E-state index in [0.717, 1.165) is 25.7 Å². The molecule has 0 aromatic heterocycles. The highest BCUT2D eigenvalue weighted by molar-refractivity contribution is 6.03. The van der Waals surface area contributed by atoms with Gasteiger partial charge in [0.2, 0.25) is 5.82 Å². The van der Waals surface area contributed by atoms with Crippen LogP contribution in [0.25, 0.3) is 22.3 Å². The van der Waals surface area contributed by atoms with Crippen LogP contribution in [-0.4, -0.2) is 6.61 Å².